The lowest BCUT2D eigenvalue weighted by Crippen LogP contribution is -2.40. The highest BCUT2D eigenvalue weighted by molar-refractivity contribution is 5.78. The van der Waals surface area contributed by atoms with Crippen LogP contribution in [-0.4, -0.2) is 53.4 Å². The maximum Gasteiger partial charge on any atom is 0.234 e. The van der Waals surface area contributed by atoms with Crippen LogP contribution in [0.15, 0.2) is 60.7 Å². The van der Waals surface area contributed by atoms with Gasteiger partial charge in [0, 0.05) is 19.1 Å². The third kappa shape index (κ3) is 5.89. The van der Waals surface area contributed by atoms with Gasteiger partial charge < -0.3 is 15.5 Å². The lowest BCUT2D eigenvalue weighted by molar-refractivity contribution is -0.123. The molecule has 1 aliphatic rings. The Hall–Kier alpha value is -2.21. The molecular weight excluding hydrogens is 352 g/mol. The minimum atomic E-state index is -0.492. The van der Waals surface area contributed by atoms with Gasteiger partial charge in [-0.05, 0) is 36.9 Å². The van der Waals surface area contributed by atoms with E-state index in [-0.39, 0.29) is 24.5 Å². The van der Waals surface area contributed by atoms with E-state index in [2.05, 4.69) is 22.3 Å². The van der Waals surface area contributed by atoms with Gasteiger partial charge in [-0.15, -0.1) is 0 Å². The van der Waals surface area contributed by atoms with Crippen LogP contribution in [0.4, 0.5) is 0 Å². The fraction of sp³-hybridized carbons (Fsp3) is 0.435. The average molecular weight is 383 g/mol. The number of nitrogens with zero attached hydrogens (tertiary/aromatic N) is 1. The Kier molecular flexibility index (Phi) is 7.60. The monoisotopic (exact) mass is 382 g/mol. The highest BCUT2D eigenvalue weighted by Crippen LogP contribution is 2.20. The van der Waals surface area contributed by atoms with Crippen molar-refractivity contribution in [2.45, 2.75) is 31.4 Å². The Balaban J connectivity index is 1.62. The summed E-state index contributed by atoms with van der Waals surface area (Å²) in [6, 6.07) is 20.1. The quantitative estimate of drug-likeness (QED) is 0.686. The fourth-order valence-electron chi connectivity index (χ4n) is 3.80. The van der Waals surface area contributed by atoms with Crippen LogP contribution in [0.5, 0.6) is 0 Å². The van der Waals surface area contributed by atoms with Crippen LogP contribution >= 0.6 is 0 Å². The van der Waals surface area contributed by atoms with Crippen LogP contribution in [-0.2, 0) is 11.2 Å². The molecule has 0 aromatic heterocycles. The molecule has 0 radical (unpaired) electrons. The predicted molar refractivity (Wildman–Crippen MR) is 110 cm³/mol. The average Bonchev–Trinajstić information content (AvgIpc) is 2.90. The largest absolute Gasteiger partial charge is 0.396 e. The van der Waals surface area contributed by atoms with E-state index in [1.54, 1.807) is 0 Å². The first-order valence-electron chi connectivity index (χ1n) is 10.0. The number of rotatable bonds is 7. The first-order chi connectivity index (χ1) is 13.7. The van der Waals surface area contributed by atoms with Gasteiger partial charge in [-0.2, -0.15) is 0 Å². The van der Waals surface area contributed by atoms with Gasteiger partial charge in [0.2, 0.25) is 5.91 Å². The summed E-state index contributed by atoms with van der Waals surface area (Å²) in [6.45, 7) is 1.68. The van der Waals surface area contributed by atoms with Gasteiger partial charge in [0.05, 0.1) is 18.7 Å². The second-order valence-electron chi connectivity index (χ2n) is 7.58. The van der Waals surface area contributed by atoms with Crippen LogP contribution in [0.1, 0.15) is 30.0 Å². The van der Waals surface area contributed by atoms with Crippen molar-refractivity contribution in [1.82, 2.24) is 10.2 Å². The van der Waals surface area contributed by atoms with E-state index < -0.39 is 6.10 Å². The molecule has 28 heavy (non-hydrogen) atoms. The first kappa shape index (κ1) is 20.5. The number of amides is 1. The zero-order valence-corrected chi connectivity index (χ0v) is 16.2. The number of benzene rings is 2. The molecule has 3 rings (SSSR count). The minimum Gasteiger partial charge on any atom is -0.396 e. The second-order valence-corrected chi connectivity index (χ2v) is 7.58. The molecule has 1 amide bonds. The summed E-state index contributed by atoms with van der Waals surface area (Å²) in [7, 11) is 0. The molecule has 0 aliphatic carbocycles. The van der Waals surface area contributed by atoms with E-state index in [9.17, 15) is 15.0 Å². The summed E-state index contributed by atoms with van der Waals surface area (Å²) < 4.78 is 0. The van der Waals surface area contributed by atoms with Gasteiger partial charge >= 0.3 is 0 Å². The number of carbonyl (C=O) groups is 1. The summed E-state index contributed by atoms with van der Waals surface area (Å²) in [5.74, 6) is -0.107. The Bertz CT molecular complexity index is 723. The molecule has 150 valence electrons. The Morgan fingerprint density at radius 3 is 2.36 bits per heavy atom. The van der Waals surface area contributed by atoms with Crippen molar-refractivity contribution in [3.05, 3.63) is 71.8 Å². The van der Waals surface area contributed by atoms with E-state index in [4.69, 9.17) is 0 Å². The normalized spacial score (nSPS) is 21.6. The van der Waals surface area contributed by atoms with Gasteiger partial charge in [-0.25, -0.2) is 0 Å². The maximum atomic E-state index is 12.8. The third-order valence-electron chi connectivity index (χ3n) is 5.52. The summed E-state index contributed by atoms with van der Waals surface area (Å²) in [4.78, 5) is 14.8. The molecule has 2 aromatic carbocycles. The molecule has 3 N–H and O–H groups in total. The molecule has 1 saturated heterocycles. The van der Waals surface area contributed by atoms with Crippen molar-refractivity contribution in [3.63, 3.8) is 0 Å². The van der Waals surface area contributed by atoms with Crippen molar-refractivity contribution >= 4 is 5.91 Å². The molecule has 3 unspecified atom stereocenters. The molecular formula is C23H30N2O3. The van der Waals surface area contributed by atoms with Gasteiger partial charge in [-0.1, -0.05) is 60.7 Å². The zero-order chi connectivity index (χ0) is 19.8. The highest BCUT2D eigenvalue weighted by atomic mass is 16.3. The van der Waals surface area contributed by atoms with Crippen molar-refractivity contribution in [3.8, 4) is 0 Å². The van der Waals surface area contributed by atoms with Gasteiger partial charge in [0.15, 0.2) is 0 Å². The molecule has 0 saturated carbocycles. The van der Waals surface area contributed by atoms with Gasteiger partial charge in [-0.3, -0.25) is 9.69 Å². The zero-order valence-electron chi connectivity index (χ0n) is 16.2. The number of hydrogen-bond donors (Lipinski definition) is 3. The molecule has 0 bridgehead atoms. The SMILES string of the molecule is O=C(CN1CCC(O)C(CO)CC1)NC(Cc1ccccc1)c1ccccc1. The number of aliphatic hydroxyl groups is 2. The summed E-state index contributed by atoms with van der Waals surface area (Å²) in [5.41, 5.74) is 2.27. The second kappa shape index (κ2) is 10.4. The van der Waals surface area contributed by atoms with E-state index in [0.29, 0.717) is 32.5 Å². The molecule has 1 heterocycles. The minimum absolute atomic E-state index is 0.00560. The fourth-order valence-corrected chi connectivity index (χ4v) is 3.80. The molecule has 3 atom stereocenters. The van der Waals surface area contributed by atoms with Crippen LogP contribution in [0, 0.1) is 5.92 Å². The predicted octanol–water partition coefficient (Wildman–Crippen LogP) is 2.15. The summed E-state index contributed by atoms with van der Waals surface area (Å²) in [6.07, 6.45) is 1.54. The molecule has 2 aromatic rings. The van der Waals surface area contributed by atoms with Gasteiger partial charge in [0.1, 0.15) is 0 Å². The maximum absolute atomic E-state index is 12.8. The molecule has 5 heteroatoms. The lowest BCUT2D eigenvalue weighted by Gasteiger charge is -2.23. The van der Waals surface area contributed by atoms with E-state index >= 15 is 0 Å². The van der Waals surface area contributed by atoms with Crippen LogP contribution in [0.25, 0.3) is 0 Å². The van der Waals surface area contributed by atoms with E-state index in [1.807, 2.05) is 48.5 Å². The molecule has 5 nitrogen and oxygen atoms in total. The van der Waals surface area contributed by atoms with Crippen LogP contribution < -0.4 is 5.32 Å². The number of hydrogen-bond acceptors (Lipinski definition) is 4. The van der Waals surface area contributed by atoms with Crippen LogP contribution in [0.2, 0.25) is 0 Å². The number of likely N-dealkylation sites (tertiary alicyclic amines) is 1. The van der Waals surface area contributed by atoms with Crippen LogP contribution in [0.3, 0.4) is 0 Å². The number of nitrogens with one attached hydrogen (secondary N) is 1. The Labute approximate surface area is 167 Å². The Morgan fingerprint density at radius 2 is 1.68 bits per heavy atom. The van der Waals surface area contributed by atoms with Crippen molar-refractivity contribution in [1.29, 1.82) is 0 Å². The number of aliphatic hydroxyl groups excluding tert-OH is 2. The lowest BCUT2D eigenvalue weighted by atomic mass is 9.99. The van der Waals surface area contributed by atoms with Crippen molar-refractivity contribution in [2.75, 3.05) is 26.2 Å². The topological polar surface area (TPSA) is 72.8 Å². The first-order valence-corrected chi connectivity index (χ1v) is 10.0. The van der Waals surface area contributed by atoms with Crippen molar-refractivity contribution < 1.29 is 15.0 Å². The summed E-state index contributed by atoms with van der Waals surface area (Å²) in [5, 5.41) is 22.6. The smallest absolute Gasteiger partial charge is 0.234 e. The molecule has 1 fully saturated rings. The van der Waals surface area contributed by atoms with Crippen molar-refractivity contribution in [2.24, 2.45) is 5.92 Å². The third-order valence-corrected chi connectivity index (χ3v) is 5.52. The Morgan fingerprint density at radius 1 is 1.04 bits per heavy atom. The summed E-state index contributed by atoms with van der Waals surface area (Å²) >= 11 is 0. The standard InChI is InChI=1S/C23H30N2O3/c26-17-20-11-13-25(14-12-22(20)27)16-23(28)24-21(19-9-5-2-6-10-19)15-18-7-3-1-4-8-18/h1-10,20-22,26-27H,11-17H2,(H,24,28). The highest BCUT2D eigenvalue weighted by Gasteiger charge is 2.25. The van der Waals surface area contributed by atoms with Gasteiger partial charge in [0.25, 0.3) is 0 Å². The molecule has 0 spiro atoms. The molecule has 1 aliphatic heterocycles. The number of carbonyl (C=O) groups excluding carboxylic acids is 1. The van der Waals surface area contributed by atoms with E-state index in [1.165, 1.54) is 5.56 Å². The van der Waals surface area contributed by atoms with E-state index in [0.717, 1.165) is 12.0 Å².